The van der Waals surface area contributed by atoms with Gasteiger partial charge in [0.05, 0.1) is 0 Å². The third-order valence-corrected chi connectivity index (χ3v) is 20.0. The molecule has 3 heterocycles. The van der Waals surface area contributed by atoms with Gasteiger partial charge in [0, 0.05) is 35.3 Å². The summed E-state index contributed by atoms with van der Waals surface area (Å²) in [5, 5.41) is 0. The van der Waals surface area contributed by atoms with E-state index >= 15 is 0 Å². The fraction of sp³-hybridized carbons (Fsp3) is 0.266. The Labute approximate surface area is 598 Å². The van der Waals surface area contributed by atoms with Gasteiger partial charge < -0.3 is 15.0 Å². The van der Waals surface area contributed by atoms with Crippen molar-refractivity contribution in [2.75, 3.05) is 0 Å². The van der Waals surface area contributed by atoms with Crippen molar-refractivity contribution in [2.24, 2.45) is 11.8 Å². The van der Waals surface area contributed by atoms with Gasteiger partial charge in [0.1, 0.15) is 0 Å². The van der Waals surface area contributed by atoms with Crippen LogP contribution in [0.25, 0.3) is 101 Å². The quantitative estimate of drug-likeness (QED) is 0.0804. The average Bonchev–Trinajstić information content (AvgIpc) is 0.766. The minimum atomic E-state index is -0.0644. The van der Waals surface area contributed by atoms with Crippen molar-refractivity contribution in [1.29, 1.82) is 0 Å². The van der Waals surface area contributed by atoms with Gasteiger partial charge in [-0.1, -0.05) is 286 Å². The van der Waals surface area contributed by atoms with E-state index in [2.05, 4.69) is 337 Å². The Bertz CT molecular complexity index is 4670. The molecular formula is C94H92IrN3. The zero-order valence-electron chi connectivity index (χ0n) is 59.1. The Hall–Kier alpha value is -8.92. The number of aryl methyl sites for hydroxylation is 1. The fourth-order valence-corrected chi connectivity index (χ4v) is 15.0. The maximum Gasteiger partial charge on any atom is 3.00 e. The summed E-state index contributed by atoms with van der Waals surface area (Å²) in [6.07, 6.45) is 13.2. The Morgan fingerprint density at radius 1 is 0.357 bits per heavy atom. The summed E-state index contributed by atoms with van der Waals surface area (Å²) < 4.78 is 0. The first-order chi connectivity index (χ1) is 46.9. The molecular weight excluding hydrogens is 1360 g/mol. The molecule has 1 aliphatic rings. The van der Waals surface area contributed by atoms with Crippen molar-refractivity contribution in [1.82, 2.24) is 15.0 Å². The maximum absolute atomic E-state index is 5.12. The first-order valence-corrected chi connectivity index (χ1v) is 35.5. The largest absolute Gasteiger partial charge is 3.00 e. The summed E-state index contributed by atoms with van der Waals surface area (Å²) in [5.41, 5.74) is 31.1. The Morgan fingerprint density at radius 2 is 0.694 bits per heavy atom. The number of rotatable bonds is 18. The van der Waals surface area contributed by atoms with Crippen molar-refractivity contribution >= 4 is 0 Å². The van der Waals surface area contributed by atoms with E-state index in [0.717, 1.165) is 78.7 Å². The van der Waals surface area contributed by atoms with Crippen LogP contribution in [0.3, 0.4) is 0 Å². The molecule has 1 saturated carbocycles. The van der Waals surface area contributed by atoms with Gasteiger partial charge in [0.25, 0.3) is 0 Å². The van der Waals surface area contributed by atoms with E-state index in [1.54, 1.807) is 0 Å². The van der Waals surface area contributed by atoms with Crippen LogP contribution in [0.1, 0.15) is 164 Å². The van der Waals surface area contributed by atoms with Gasteiger partial charge >= 0.3 is 20.1 Å². The summed E-state index contributed by atoms with van der Waals surface area (Å²) in [5.74, 6) is 1.66. The first kappa shape index (κ1) is 69.0. The molecule has 492 valence electrons. The molecule has 0 bridgehead atoms. The van der Waals surface area contributed by atoms with Crippen molar-refractivity contribution in [3.05, 3.63) is 306 Å². The predicted molar refractivity (Wildman–Crippen MR) is 409 cm³/mol. The second kappa shape index (κ2) is 30.1. The summed E-state index contributed by atoms with van der Waals surface area (Å²) >= 11 is 0. The number of pyridine rings is 3. The minimum absolute atomic E-state index is 0. The molecule has 0 N–H and O–H groups in total. The minimum Gasteiger partial charge on any atom is -0.304 e. The zero-order chi connectivity index (χ0) is 67.4. The Morgan fingerprint density at radius 3 is 1.04 bits per heavy atom. The molecule has 0 spiro atoms. The van der Waals surface area contributed by atoms with E-state index in [4.69, 9.17) is 15.0 Å². The Kier molecular flexibility index (Phi) is 21.2. The SMILES string of the molecule is CCCc1cc(-c2[c-]cc(-c3cc(C(C)(C)C)ccc3C3CC(c4ccccc4-c4c[c-]c(-c5cc(CC(C)C)c(-c6ccccc6)cn5)cc4)CC(c4ccc(C(C)(C)C)cc4-c4c[c-]c(-c5cc(CC(C)C)c(-c6ccccc6)cn5)cc4)C3)cc2)ncc1-c1ccccc1.[Ir+3]. The summed E-state index contributed by atoms with van der Waals surface area (Å²) in [6, 6.07) is 94.8. The van der Waals surface area contributed by atoms with Crippen LogP contribution in [0.15, 0.2) is 243 Å². The van der Waals surface area contributed by atoms with Crippen LogP contribution in [-0.2, 0) is 50.2 Å². The average molecular weight is 1460 g/mol. The van der Waals surface area contributed by atoms with Crippen molar-refractivity contribution in [3.8, 4) is 101 Å². The molecule has 3 atom stereocenters. The molecule has 4 heteroatoms. The van der Waals surface area contributed by atoms with Gasteiger partial charge in [0.2, 0.25) is 0 Å². The van der Waals surface area contributed by atoms with Gasteiger partial charge in [-0.05, 0) is 157 Å². The molecule has 1 aliphatic carbocycles. The summed E-state index contributed by atoms with van der Waals surface area (Å²) in [6.45, 7) is 25.5. The molecule has 98 heavy (non-hydrogen) atoms. The normalized spacial score (nSPS) is 14.9. The molecule has 1 fully saturated rings. The van der Waals surface area contributed by atoms with E-state index < -0.39 is 0 Å². The molecule has 9 aromatic carbocycles. The second-order valence-electron chi connectivity index (χ2n) is 30.2. The number of benzene rings is 9. The van der Waals surface area contributed by atoms with E-state index in [9.17, 15) is 0 Å². The standard InChI is InChI=1S/C94H92N3.Ir/c1-12-24-73-54-90(95-59-87(73)64-25-16-13-17-26-64)70-41-35-68(36-42-70)85-57-79(93(6,7)8)45-47-83(85)77-51-76(82-32-23-22-31-81(82)67-33-39-71(40-34-67)91-55-74(49-62(2)3)88(60-96-91)65-27-18-14-19-28-65)52-78(53-77)84-48-46-80(94(9,10)11)58-86(84)69-37-43-72(44-38-69)92-56-75(50-63(4)5)89(61-97-92)66-29-20-15-21-30-66;/h13-23,25-39,41,43,45-48,54-63,76-78H,12,24,49-53H2,1-11H3;/q-3;+3. The molecule has 13 rings (SSSR count). The number of hydrogen-bond donors (Lipinski definition) is 0. The molecule has 3 aromatic heterocycles. The van der Waals surface area contributed by atoms with Gasteiger partial charge in [-0.15, -0.1) is 89.5 Å². The number of nitrogens with zero attached hydrogens (tertiary/aromatic N) is 3. The monoisotopic (exact) mass is 1460 g/mol. The molecule has 12 aromatic rings. The molecule has 0 saturated heterocycles. The van der Waals surface area contributed by atoms with Gasteiger partial charge in [-0.25, -0.2) is 0 Å². The topological polar surface area (TPSA) is 38.7 Å². The van der Waals surface area contributed by atoms with Crippen molar-refractivity contribution in [3.63, 3.8) is 0 Å². The van der Waals surface area contributed by atoms with E-state index in [0.29, 0.717) is 11.8 Å². The second-order valence-corrected chi connectivity index (χ2v) is 30.2. The third kappa shape index (κ3) is 15.5. The fourth-order valence-electron chi connectivity index (χ4n) is 15.0. The third-order valence-electron chi connectivity index (χ3n) is 20.0. The molecule has 0 radical (unpaired) electrons. The van der Waals surface area contributed by atoms with Crippen LogP contribution in [0.5, 0.6) is 0 Å². The predicted octanol–water partition coefficient (Wildman–Crippen LogP) is 25.1. The molecule has 0 amide bonds. The van der Waals surface area contributed by atoms with E-state index in [1.165, 1.54) is 111 Å². The van der Waals surface area contributed by atoms with Gasteiger partial charge in [-0.2, -0.15) is 0 Å². The van der Waals surface area contributed by atoms with Crippen LogP contribution >= 0.6 is 0 Å². The Balaban J connectivity index is 0.00000914. The summed E-state index contributed by atoms with van der Waals surface area (Å²) in [4.78, 5) is 15.3. The number of aromatic nitrogens is 3. The molecule has 3 unspecified atom stereocenters. The van der Waals surface area contributed by atoms with Crippen LogP contribution in [0.4, 0.5) is 0 Å². The molecule has 0 aliphatic heterocycles. The van der Waals surface area contributed by atoms with E-state index in [1.807, 2.05) is 0 Å². The van der Waals surface area contributed by atoms with E-state index in [-0.39, 0.29) is 48.7 Å². The van der Waals surface area contributed by atoms with Gasteiger partial charge in [0.15, 0.2) is 0 Å². The van der Waals surface area contributed by atoms with Crippen LogP contribution in [0, 0.1) is 30.0 Å². The smallest absolute Gasteiger partial charge is 0.304 e. The van der Waals surface area contributed by atoms with Crippen LogP contribution < -0.4 is 0 Å². The van der Waals surface area contributed by atoms with Crippen molar-refractivity contribution in [2.45, 2.75) is 150 Å². The summed E-state index contributed by atoms with van der Waals surface area (Å²) in [7, 11) is 0. The maximum atomic E-state index is 5.12. The first-order valence-electron chi connectivity index (χ1n) is 35.5. The zero-order valence-corrected chi connectivity index (χ0v) is 61.5. The van der Waals surface area contributed by atoms with Crippen molar-refractivity contribution < 1.29 is 20.1 Å². The van der Waals surface area contributed by atoms with Crippen LogP contribution in [0.2, 0.25) is 0 Å². The van der Waals surface area contributed by atoms with Crippen LogP contribution in [-0.4, -0.2) is 15.0 Å². The molecule has 3 nitrogen and oxygen atoms in total. The number of hydrogen-bond acceptors (Lipinski definition) is 3. The van der Waals surface area contributed by atoms with Gasteiger partial charge in [-0.3, -0.25) is 0 Å².